The van der Waals surface area contributed by atoms with E-state index in [0.29, 0.717) is 6.04 Å². The third-order valence-electron chi connectivity index (χ3n) is 3.24. The molecule has 0 unspecified atom stereocenters. The van der Waals surface area contributed by atoms with Gasteiger partial charge in [0, 0.05) is 44.4 Å². The molecule has 0 aromatic carbocycles. The Balaban J connectivity index is 1.63. The fraction of sp³-hybridized carbons (Fsp3) is 0.667. The zero-order valence-electron chi connectivity index (χ0n) is 10.2. The first kappa shape index (κ1) is 12.5. The van der Waals surface area contributed by atoms with Crippen molar-refractivity contribution < 1.29 is 4.79 Å². The van der Waals surface area contributed by atoms with E-state index in [0.717, 1.165) is 38.9 Å². The highest BCUT2D eigenvalue weighted by Crippen LogP contribution is 2.10. The number of piperidine rings is 1. The number of rotatable bonds is 4. The summed E-state index contributed by atoms with van der Waals surface area (Å²) in [6.07, 6.45) is 3.13. The Morgan fingerprint density at radius 2 is 2.35 bits per heavy atom. The monoisotopic (exact) mass is 253 g/mol. The van der Waals surface area contributed by atoms with Crippen molar-refractivity contribution in [1.29, 1.82) is 0 Å². The van der Waals surface area contributed by atoms with Crippen molar-refractivity contribution in [2.24, 2.45) is 0 Å². The van der Waals surface area contributed by atoms with E-state index in [-0.39, 0.29) is 5.91 Å². The van der Waals surface area contributed by atoms with Gasteiger partial charge in [-0.25, -0.2) is 4.98 Å². The lowest BCUT2D eigenvalue weighted by Gasteiger charge is -2.31. The van der Waals surface area contributed by atoms with Gasteiger partial charge in [-0.2, -0.15) is 0 Å². The molecule has 1 saturated heterocycles. The molecule has 0 atom stereocenters. The molecule has 1 fully saturated rings. The van der Waals surface area contributed by atoms with Crippen LogP contribution in [-0.4, -0.2) is 41.5 Å². The second-order valence-corrected chi connectivity index (χ2v) is 5.18. The number of aromatic nitrogens is 1. The Morgan fingerprint density at radius 3 is 2.94 bits per heavy atom. The Hall–Kier alpha value is -0.940. The van der Waals surface area contributed by atoms with Gasteiger partial charge in [-0.05, 0) is 12.8 Å². The maximum atomic E-state index is 11.2. The molecule has 5 heteroatoms. The van der Waals surface area contributed by atoms with Gasteiger partial charge in [-0.15, -0.1) is 11.3 Å². The number of likely N-dealkylation sites (tertiary alicyclic amines) is 1. The van der Waals surface area contributed by atoms with Crippen LogP contribution in [0.2, 0.25) is 0 Å². The lowest BCUT2D eigenvalue weighted by Crippen LogP contribution is -2.44. The first-order chi connectivity index (χ1) is 8.25. The average Bonchev–Trinajstić information content (AvgIpc) is 2.83. The first-order valence-corrected chi connectivity index (χ1v) is 7.06. The van der Waals surface area contributed by atoms with Crippen molar-refractivity contribution in [2.75, 3.05) is 19.6 Å². The van der Waals surface area contributed by atoms with Crippen molar-refractivity contribution in [3.8, 4) is 0 Å². The predicted molar refractivity (Wildman–Crippen MR) is 69.1 cm³/mol. The number of hydrogen-bond donors (Lipinski definition) is 1. The van der Waals surface area contributed by atoms with Crippen LogP contribution < -0.4 is 5.32 Å². The van der Waals surface area contributed by atoms with Crippen molar-refractivity contribution in [1.82, 2.24) is 15.2 Å². The standard InChI is InChI=1S/C12H19N3OS/c1-10(16)15-6-3-11(4-7-15)13-5-2-12-8-17-9-14-12/h8-9,11,13H,2-7H2,1H3. The fourth-order valence-electron chi connectivity index (χ4n) is 2.16. The van der Waals surface area contributed by atoms with Gasteiger partial charge in [0.1, 0.15) is 0 Å². The van der Waals surface area contributed by atoms with E-state index in [4.69, 9.17) is 0 Å². The topological polar surface area (TPSA) is 45.2 Å². The summed E-state index contributed by atoms with van der Waals surface area (Å²) in [5, 5.41) is 5.64. The van der Waals surface area contributed by atoms with E-state index in [1.54, 1.807) is 18.3 Å². The van der Waals surface area contributed by atoms with Crippen LogP contribution in [0.4, 0.5) is 0 Å². The van der Waals surface area contributed by atoms with Gasteiger partial charge in [-0.3, -0.25) is 4.79 Å². The van der Waals surface area contributed by atoms with E-state index in [2.05, 4.69) is 15.7 Å². The highest BCUT2D eigenvalue weighted by Gasteiger charge is 2.19. The lowest BCUT2D eigenvalue weighted by atomic mass is 10.0. The third-order valence-corrected chi connectivity index (χ3v) is 3.87. The Labute approximate surface area is 106 Å². The minimum absolute atomic E-state index is 0.200. The van der Waals surface area contributed by atoms with Crippen molar-refractivity contribution in [3.63, 3.8) is 0 Å². The summed E-state index contributed by atoms with van der Waals surface area (Å²) in [4.78, 5) is 17.4. The van der Waals surface area contributed by atoms with Crippen molar-refractivity contribution in [2.45, 2.75) is 32.2 Å². The minimum Gasteiger partial charge on any atom is -0.343 e. The van der Waals surface area contributed by atoms with Crippen molar-refractivity contribution >= 4 is 17.2 Å². The van der Waals surface area contributed by atoms with Gasteiger partial charge in [0.25, 0.3) is 0 Å². The molecule has 0 saturated carbocycles. The zero-order valence-corrected chi connectivity index (χ0v) is 11.0. The van der Waals surface area contributed by atoms with Gasteiger partial charge in [0.05, 0.1) is 11.2 Å². The fourth-order valence-corrected chi connectivity index (χ4v) is 2.76. The normalized spacial score (nSPS) is 17.4. The molecule has 0 spiro atoms. The maximum Gasteiger partial charge on any atom is 0.219 e. The molecule has 1 aromatic heterocycles. The maximum absolute atomic E-state index is 11.2. The van der Waals surface area contributed by atoms with Crippen LogP contribution in [0.15, 0.2) is 10.9 Å². The summed E-state index contributed by atoms with van der Waals surface area (Å²) in [5.41, 5.74) is 3.05. The van der Waals surface area contributed by atoms with Gasteiger partial charge in [0.2, 0.25) is 5.91 Å². The molecule has 1 aromatic rings. The minimum atomic E-state index is 0.200. The quantitative estimate of drug-likeness (QED) is 0.879. The van der Waals surface area contributed by atoms with Crippen LogP contribution >= 0.6 is 11.3 Å². The molecular formula is C12H19N3OS. The third kappa shape index (κ3) is 3.78. The van der Waals surface area contributed by atoms with Crippen molar-refractivity contribution in [3.05, 3.63) is 16.6 Å². The Morgan fingerprint density at radius 1 is 1.59 bits per heavy atom. The second-order valence-electron chi connectivity index (χ2n) is 4.46. The molecule has 1 N–H and O–H groups in total. The van der Waals surface area contributed by atoms with Gasteiger partial charge >= 0.3 is 0 Å². The summed E-state index contributed by atoms with van der Waals surface area (Å²) in [6, 6.07) is 0.559. The SMILES string of the molecule is CC(=O)N1CCC(NCCc2cscn2)CC1. The molecule has 0 radical (unpaired) electrons. The molecular weight excluding hydrogens is 234 g/mol. The molecule has 17 heavy (non-hydrogen) atoms. The molecule has 94 valence electrons. The van der Waals surface area contributed by atoms with Crippen LogP contribution in [0.5, 0.6) is 0 Å². The summed E-state index contributed by atoms with van der Waals surface area (Å²) in [7, 11) is 0. The number of thiazole rings is 1. The number of nitrogens with zero attached hydrogens (tertiary/aromatic N) is 2. The molecule has 2 rings (SSSR count). The van der Waals surface area contributed by atoms with Gasteiger partial charge in [0.15, 0.2) is 0 Å². The number of nitrogens with one attached hydrogen (secondary N) is 1. The van der Waals surface area contributed by atoms with Gasteiger partial charge in [-0.1, -0.05) is 0 Å². The van der Waals surface area contributed by atoms with E-state index >= 15 is 0 Å². The Kier molecular flexibility index (Phi) is 4.50. The summed E-state index contributed by atoms with van der Waals surface area (Å²) >= 11 is 1.65. The molecule has 4 nitrogen and oxygen atoms in total. The van der Waals surface area contributed by atoms with E-state index in [1.807, 2.05) is 10.4 Å². The number of hydrogen-bond acceptors (Lipinski definition) is 4. The average molecular weight is 253 g/mol. The summed E-state index contributed by atoms with van der Waals surface area (Å²) in [5.74, 6) is 0.200. The molecule has 0 aliphatic carbocycles. The smallest absolute Gasteiger partial charge is 0.219 e. The first-order valence-electron chi connectivity index (χ1n) is 6.11. The summed E-state index contributed by atoms with van der Waals surface area (Å²) in [6.45, 7) is 4.41. The highest BCUT2D eigenvalue weighted by atomic mass is 32.1. The number of carbonyl (C=O) groups excluding carboxylic acids is 1. The second kappa shape index (κ2) is 6.12. The van der Waals surface area contributed by atoms with Crippen LogP contribution in [0, 0.1) is 0 Å². The molecule has 0 bridgehead atoms. The molecule has 1 aliphatic rings. The number of amides is 1. The lowest BCUT2D eigenvalue weighted by molar-refractivity contribution is -0.129. The highest BCUT2D eigenvalue weighted by molar-refractivity contribution is 7.07. The molecule has 1 aliphatic heterocycles. The summed E-state index contributed by atoms with van der Waals surface area (Å²) < 4.78 is 0. The van der Waals surface area contributed by atoms with Crippen LogP contribution in [0.3, 0.4) is 0 Å². The van der Waals surface area contributed by atoms with Crippen LogP contribution in [0.1, 0.15) is 25.5 Å². The Bertz CT molecular complexity index is 345. The van der Waals surface area contributed by atoms with Crippen LogP contribution in [0.25, 0.3) is 0 Å². The largest absolute Gasteiger partial charge is 0.343 e. The van der Waals surface area contributed by atoms with E-state index < -0.39 is 0 Å². The van der Waals surface area contributed by atoms with Gasteiger partial charge < -0.3 is 10.2 Å². The van der Waals surface area contributed by atoms with E-state index in [1.165, 1.54) is 5.69 Å². The zero-order chi connectivity index (χ0) is 12.1. The molecule has 1 amide bonds. The van der Waals surface area contributed by atoms with Crippen LogP contribution in [-0.2, 0) is 11.2 Å². The number of carbonyl (C=O) groups is 1. The van der Waals surface area contributed by atoms with E-state index in [9.17, 15) is 4.79 Å². The molecule has 2 heterocycles. The predicted octanol–water partition coefficient (Wildman–Crippen LogP) is 1.29.